The maximum atomic E-state index is 13.5. The fourth-order valence-electron chi connectivity index (χ4n) is 6.15. The van der Waals surface area contributed by atoms with Crippen molar-refractivity contribution in [2.45, 2.75) is 65.8 Å². The molecule has 0 fully saturated rings. The summed E-state index contributed by atoms with van der Waals surface area (Å²) in [7, 11) is 0. The molecule has 0 amide bonds. The summed E-state index contributed by atoms with van der Waals surface area (Å²) >= 11 is 1.59. The predicted molar refractivity (Wildman–Crippen MR) is 158 cm³/mol. The van der Waals surface area contributed by atoms with Gasteiger partial charge in [-0.15, -0.1) is 11.3 Å². The highest BCUT2D eigenvalue weighted by molar-refractivity contribution is 7.07. The van der Waals surface area contributed by atoms with Crippen molar-refractivity contribution < 1.29 is 4.58 Å². The summed E-state index contributed by atoms with van der Waals surface area (Å²) in [6, 6.07) is 17.3. The molecule has 0 saturated heterocycles. The molecule has 5 rings (SSSR count). The molecule has 0 unspecified atom stereocenters. The highest BCUT2D eigenvalue weighted by Gasteiger charge is 2.44. The van der Waals surface area contributed by atoms with Gasteiger partial charge in [0.2, 0.25) is 5.69 Å². The SMILES string of the molecule is CCN1/C(=C\C=c2/s/c(=C/C3=[N+](CC)c4ccccc4C3(C)C)n(CC)c2=O)C(C)(C)c2ccccc21. The Hall–Kier alpha value is -3.18. The molecule has 3 aromatic rings. The molecular formula is C32H38N3OS+. The number of thiazole rings is 1. The first-order chi connectivity index (χ1) is 17.7. The van der Waals surface area contributed by atoms with Crippen molar-refractivity contribution >= 4 is 40.6 Å². The average molecular weight is 513 g/mol. The van der Waals surface area contributed by atoms with Crippen LogP contribution in [0.2, 0.25) is 0 Å². The smallest absolute Gasteiger partial charge is 0.269 e. The molecule has 0 atom stereocenters. The van der Waals surface area contributed by atoms with Gasteiger partial charge in [-0.2, -0.15) is 4.58 Å². The lowest BCUT2D eigenvalue weighted by atomic mass is 9.81. The van der Waals surface area contributed by atoms with Gasteiger partial charge in [0, 0.05) is 47.6 Å². The third kappa shape index (κ3) is 3.86. The number of para-hydroxylation sites is 2. The van der Waals surface area contributed by atoms with Crippen molar-refractivity contribution in [2.75, 3.05) is 18.0 Å². The zero-order valence-electron chi connectivity index (χ0n) is 23.1. The van der Waals surface area contributed by atoms with Gasteiger partial charge in [0.25, 0.3) is 5.56 Å². The minimum Gasteiger partial charge on any atom is -0.344 e. The molecule has 0 radical (unpaired) electrons. The van der Waals surface area contributed by atoms with Gasteiger partial charge in [0.1, 0.15) is 11.2 Å². The Morgan fingerprint density at radius 3 is 2.22 bits per heavy atom. The lowest BCUT2D eigenvalue weighted by molar-refractivity contribution is -0.432. The van der Waals surface area contributed by atoms with Gasteiger partial charge in [-0.05, 0) is 58.4 Å². The van der Waals surface area contributed by atoms with Crippen LogP contribution >= 0.6 is 11.3 Å². The van der Waals surface area contributed by atoms with Gasteiger partial charge in [-0.3, -0.25) is 9.36 Å². The van der Waals surface area contributed by atoms with Crippen molar-refractivity contribution in [1.29, 1.82) is 0 Å². The van der Waals surface area contributed by atoms with Crippen LogP contribution in [0.3, 0.4) is 0 Å². The maximum Gasteiger partial charge on any atom is 0.269 e. The zero-order valence-corrected chi connectivity index (χ0v) is 23.9. The van der Waals surface area contributed by atoms with E-state index < -0.39 is 0 Å². The molecule has 0 bridgehead atoms. The molecule has 4 nitrogen and oxygen atoms in total. The minimum atomic E-state index is -0.127. The van der Waals surface area contributed by atoms with Crippen LogP contribution in [0.25, 0.3) is 12.2 Å². The second-order valence-electron chi connectivity index (χ2n) is 10.9. The molecule has 0 saturated carbocycles. The number of hydrogen-bond donors (Lipinski definition) is 0. The summed E-state index contributed by atoms with van der Waals surface area (Å²) in [5.41, 5.74) is 7.53. The van der Waals surface area contributed by atoms with Gasteiger partial charge in [-0.1, -0.05) is 50.2 Å². The lowest BCUT2D eigenvalue weighted by Crippen LogP contribution is -2.33. The molecular weight excluding hydrogens is 474 g/mol. The summed E-state index contributed by atoms with van der Waals surface area (Å²) in [6.07, 6.45) is 6.46. The van der Waals surface area contributed by atoms with Crippen molar-refractivity contribution in [3.05, 3.63) is 91.0 Å². The molecule has 5 heteroatoms. The van der Waals surface area contributed by atoms with E-state index in [-0.39, 0.29) is 16.4 Å². The largest absolute Gasteiger partial charge is 0.344 e. The number of anilines is 1. The maximum absolute atomic E-state index is 13.5. The van der Waals surface area contributed by atoms with E-state index in [1.165, 1.54) is 33.9 Å². The van der Waals surface area contributed by atoms with E-state index in [9.17, 15) is 4.79 Å². The first-order valence-electron chi connectivity index (χ1n) is 13.4. The molecule has 1 aromatic heterocycles. The van der Waals surface area contributed by atoms with Crippen molar-refractivity contribution in [3.8, 4) is 0 Å². The monoisotopic (exact) mass is 512 g/mol. The molecule has 2 aromatic carbocycles. The molecule has 0 spiro atoms. The van der Waals surface area contributed by atoms with Gasteiger partial charge >= 0.3 is 0 Å². The number of fused-ring (bicyclic) bond motifs is 2. The predicted octanol–water partition coefficient (Wildman–Crippen LogP) is 5.29. The van der Waals surface area contributed by atoms with E-state index in [0.717, 1.165) is 22.3 Å². The number of rotatable bonds is 5. The standard InChI is InChI=1S/C32H38N3OS/c1-8-33-24-17-13-11-15-22(24)31(4,5)27(33)20-19-26-30(36)35(10-3)29(37-26)21-28-32(6,7)23-16-12-14-18-25(23)34(28)9-2/h11-21H,8-10H2,1-7H3/q+1/b26-19-,27-20-. The summed E-state index contributed by atoms with van der Waals surface area (Å²) in [6.45, 7) is 18.0. The Balaban J connectivity index is 1.66. The minimum absolute atomic E-state index is 0.0870. The molecule has 0 N–H and O–H groups in total. The molecule has 3 heterocycles. The van der Waals surface area contributed by atoms with Crippen LogP contribution in [0.1, 0.15) is 59.6 Å². The van der Waals surface area contributed by atoms with Crippen molar-refractivity contribution in [1.82, 2.24) is 4.57 Å². The third-order valence-electron chi connectivity index (χ3n) is 8.14. The lowest BCUT2D eigenvalue weighted by Gasteiger charge is -2.25. The molecule has 192 valence electrons. The van der Waals surface area contributed by atoms with Crippen LogP contribution in [-0.4, -0.2) is 27.9 Å². The second-order valence-corrected chi connectivity index (χ2v) is 11.9. The van der Waals surface area contributed by atoms with E-state index in [1.54, 1.807) is 11.3 Å². The van der Waals surface area contributed by atoms with Crippen LogP contribution in [0.4, 0.5) is 11.4 Å². The highest BCUT2D eigenvalue weighted by atomic mass is 32.1. The van der Waals surface area contributed by atoms with Crippen LogP contribution in [-0.2, 0) is 17.4 Å². The van der Waals surface area contributed by atoms with Crippen molar-refractivity contribution in [2.24, 2.45) is 0 Å². The van der Waals surface area contributed by atoms with Gasteiger partial charge in [0.15, 0.2) is 5.71 Å². The summed E-state index contributed by atoms with van der Waals surface area (Å²) in [5.74, 6) is 0. The number of allylic oxidation sites excluding steroid dienone is 2. The summed E-state index contributed by atoms with van der Waals surface area (Å²) in [4.78, 5) is 15.9. The van der Waals surface area contributed by atoms with E-state index >= 15 is 0 Å². The fourth-order valence-corrected chi connectivity index (χ4v) is 7.20. The van der Waals surface area contributed by atoms with Crippen LogP contribution in [0.5, 0.6) is 0 Å². The van der Waals surface area contributed by atoms with E-state index in [0.29, 0.717) is 6.54 Å². The Bertz CT molecular complexity index is 1610. The van der Waals surface area contributed by atoms with Crippen LogP contribution < -0.4 is 19.7 Å². The fraction of sp³-hybridized carbons (Fsp3) is 0.375. The second kappa shape index (κ2) is 9.29. The number of aromatic nitrogens is 1. The number of nitrogens with zero attached hydrogens (tertiary/aromatic N) is 3. The van der Waals surface area contributed by atoms with E-state index in [2.05, 4.69) is 119 Å². The van der Waals surface area contributed by atoms with Crippen LogP contribution in [0.15, 0.2) is 65.1 Å². The van der Waals surface area contributed by atoms with Crippen LogP contribution in [0, 0.1) is 0 Å². The summed E-state index contributed by atoms with van der Waals surface area (Å²) < 4.78 is 6.09. The topological polar surface area (TPSA) is 28.2 Å². The number of likely N-dealkylation sites (N-methyl/N-ethyl adjacent to an activating group) is 1. The molecule has 0 aliphatic carbocycles. The normalized spacial score (nSPS) is 19.8. The Kier molecular flexibility index (Phi) is 6.39. The summed E-state index contributed by atoms with van der Waals surface area (Å²) in [5, 5.41) is 0. The Labute approximate surface area is 224 Å². The van der Waals surface area contributed by atoms with Crippen molar-refractivity contribution in [3.63, 3.8) is 0 Å². The quantitative estimate of drug-likeness (QED) is 0.435. The highest BCUT2D eigenvalue weighted by Crippen LogP contribution is 2.47. The first-order valence-corrected chi connectivity index (χ1v) is 14.2. The molecule has 2 aliphatic heterocycles. The number of hydrogen-bond acceptors (Lipinski definition) is 3. The zero-order chi connectivity index (χ0) is 26.5. The number of benzene rings is 2. The van der Waals surface area contributed by atoms with Gasteiger partial charge in [-0.25, -0.2) is 0 Å². The van der Waals surface area contributed by atoms with Gasteiger partial charge in [0.05, 0.1) is 9.95 Å². The van der Waals surface area contributed by atoms with E-state index in [4.69, 9.17) is 0 Å². The molecule has 2 aliphatic rings. The van der Waals surface area contributed by atoms with Gasteiger partial charge < -0.3 is 4.90 Å². The third-order valence-corrected chi connectivity index (χ3v) is 9.21. The molecule has 37 heavy (non-hydrogen) atoms. The first kappa shape index (κ1) is 25.5. The average Bonchev–Trinajstić information content (AvgIpc) is 3.40. The Morgan fingerprint density at radius 1 is 0.865 bits per heavy atom. The Morgan fingerprint density at radius 2 is 1.54 bits per heavy atom. The van der Waals surface area contributed by atoms with E-state index in [1.807, 2.05) is 10.6 Å².